The minimum Gasteiger partial charge on any atom is -0.313 e. The molecule has 7 nitrogen and oxygen atoms in total. The summed E-state index contributed by atoms with van der Waals surface area (Å²) in [6.07, 6.45) is 4.64. The van der Waals surface area contributed by atoms with E-state index in [1.807, 2.05) is 0 Å². The van der Waals surface area contributed by atoms with Crippen molar-refractivity contribution in [3.8, 4) is 11.4 Å². The number of rotatable bonds is 3. The molecule has 0 aliphatic heterocycles. The van der Waals surface area contributed by atoms with Gasteiger partial charge in [0.25, 0.3) is 0 Å². The minimum absolute atomic E-state index is 0.0445. The Bertz CT molecular complexity index is 512. The molecule has 2 rings (SSSR count). The van der Waals surface area contributed by atoms with E-state index >= 15 is 0 Å². The summed E-state index contributed by atoms with van der Waals surface area (Å²) in [6.45, 7) is 0. The van der Waals surface area contributed by atoms with E-state index < -0.39 is 11.1 Å². The SMILES string of the molecule is Cn1c(CS(=O)O)nnc1-c1cncnc1. The number of aromatic nitrogens is 5. The molecular weight excluding hydrogens is 230 g/mol. The molecule has 0 amide bonds. The summed E-state index contributed by atoms with van der Waals surface area (Å²) >= 11 is -1.92. The maximum Gasteiger partial charge on any atom is 0.166 e. The Balaban J connectivity index is 2.37. The van der Waals surface area contributed by atoms with E-state index in [-0.39, 0.29) is 5.75 Å². The maximum absolute atomic E-state index is 10.7. The molecule has 0 saturated carbocycles. The summed E-state index contributed by atoms with van der Waals surface area (Å²) < 4.78 is 21.1. The summed E-state index contributed by atoms with van der Waals surface area (Å²) in [5, 5.41) is 7.76. The predicted molar refractivity (Wildman–Crippen MR) is 56.5 cm³/mol. The lowest BCUT2D eigenvalue weighted by Gasteiger charge is -2.01. The molecule has 2 aromatic heterocycles. The van der Waals surface area contributed by atoms with Crippen LogP contribution in [0.25, 0.3) is 11.4 Å². The van der Waals surface area contributed by atoms with Crippen molar-refractivity contribution >= 4 is 11.1 Å². The molecular formula is C8H9N5O2S. The van der Waals surface area contributed by atoms with Crippen LogP contribution in [-0.2, 0) is 23.9 Å². The Hall–Kier alpha value is -1.67. The molecule has 2 aromatic rings. The maximum atomic E-state index is 10.7. The van der Waals surface area contributed by atoms with Crippen LogP contribution in [0.4, 0.5) is 0 Å². The first-order valence-electron chi connectivity index (χ1n) is 4.39. The van der Waals surface area contributed by atoms with Crippen molar-refractivity contribution in [3.05, 3.63) is 24.5 Å². The van der Waals surface area contributed by atoms with Gasteiger partial charge in [0.2, 0.25) is 0 Å². The Morgan fingerprint density at radius 1 is 1.38 bits per heavy atom. The quantitative estimate of drug-likeness (QED) is 0.757. The summed E-state index contributed by atoms with van der Waals surface area (Å²) in [5.74, 6) is 0.970. The van der Waals surface area contributed by atoms with Crippen molar-refractivity contribution in [1.29, 1.82) is 0 Å². The molecule has 84 valence electrons. The van der Waals surface area contributed by atoms with Gasteiger partial charge in [-0.2, -0.15) is 0 Å². The van der Waals surface area contributed by atoms with Gasteiger partial charge in [-0.15, -0.1) is 10.2 Å². The molecule has 1 unspecified atom stereocenters. The van der Waals surface area contributed by atoms with Gasteiger partial charge >= 0.3 is 0 Å². The molecule has 0 radical (unpaired) electrons. The highest BCUT2D eigenvalue weighted by molar-refractivity contribution is 7.78. The van der Waals surface area contributed by atoms with Crippen molar-refractivity contribution in [1.82, 2.24) is 24.7 Å². The van der Waals surface area contributed by atoms with E-state index in [1.54, 1.807) is 24.0 Å². The molecule has 0 bridgehead atoms. The first-order valence-corrected chi connectivity index (χ1v) is 5.67. The molecule has 16 heavy (non-hydrogen) atoms. The fourth-order valence-corrected chi connectivity index (χ4v) is 1.74. The average Bonchev–Trinajstić information content (AvgIpc) is 2.61. The van der Waals surface area contributed by atoms with E-state index in [9.17, 15) is 4.21 Å². The third-order valence-corrected chi connectivity index (χ3v) is 2.54. The first-order chi connectivity index (χ1) is 7.68. The molecule has 1 N–H and O–H groups in total. The summed E-state index contributed by atoms with van der Waals surface area (Å²) in [5.41, 5.74) is 0.715. The van der Waals surface area contributed by atoms with Crippen LogP contribution in [0, 0.1) is 0 Å². The van der Waals surface area contributed by atoms with Crippen LogP contribution in [0.15, 0.2) is 18.7 Å². The van der Waals surface area contributed by atoms with Crippen molar-refractivity contribution < 1.29 is 8.76 Å². The van der Waals surface area contributed by atoms with Gasteiger partial charge in [0, 0.05) is 19.4 Å². The number of nitrogens with zero attached hydrogens (tertiary/aromatic N) is 5. The van der Waals surface area contributed by atoms with Crippen LogP contribution in [0.5, 0.6) is 0 Å². The second-order valence-corrected chi connectivity index (χ2v) is 4.02. The van der Waals surface area contributed by atoms with Gasteiger partial charge in [0.05, 0.1) is 5.56 Å². The Kier molecular flexibility index (Phi) is 3.02. The topological polar surface area (TPSA) is 93.8 Å². The van der Waals surface area contributed by atoms with E-state index in [4.69, 9.17) is 4.55 Å². The van der Waals surface area contributed by atoms with Gasteiger partial charge in [-0.05, 0) is 0 Å². The fourth-order valence-electron chi connectivity index (χ4n) is 1.26. The van der Waals surface area contributed by atoms with Crippen LogP contribution in [-0.4, -0.2) is 33.5 Å². The van der Waals surface area contributed by atoms with Gasteiger partial charge < -0.3 is 9.12 Å². The van der Waals surface area contributed by atoms with Crippen LogP contribution >= 0.6 is 0 Å². The van der Waals surface area contributed by atoms with Crippen molar-refractivity contribution in [2.75, 3.05) is 0 Å². The second-order valence-electron chi connectivity index (χ2n) is 3.09. The van der Waals surface area contributed by atoms with Gasteiger partial charge in [0.1, 0.15) is 17.9 Å². The summed E-state index contributed by atoms with van der Waals surface area (Å²) in [4.78, 5) is 7.74. The molecule has 1 atom stereocenters. The third kappa shape index (κ3) is 2.12. The molecule has 0 aromatic carbocycles. The predicted octanol–water partition coefficient (Wildman–Crippen LogP) is -0.00620. The lowest BCUT2D eigenvalue weighted by molar-refractivity contribution is 0.560. The largest absolute Gasteiger partial charge is 0.313 e. The van der Waals surface area contributed by atoms with E-state index in [0.717, 1.165) is 0 Å². The van der Waals surface area contributed by atoms with Gasteiger partial charge in [-0.25, -0.2) is 14.2 Å². The van der Waals surface area contributed by atoms with Gasteiger partial charge in [0.15, 0.2) is 16.9 Å². The zero-order chi connectivity index (χ0) is 11.5. The lowest BCUT2D eigenvalue weighted by Crippen LogP contribution is -2.03. The normalized spacial score (nSPS) is 12.6. The van der Waals surface area contributed by atoms with Crippen LogP contribution < -0.4 is 0 Å². The molecule has 0 aliphatic carbocycles. The standard InChI is InChI=1S/C8H9N5O2S/c1-13-7(4-16(14)15)11-12-8(13)6-2-9-5-10-3-6/h2-3,5H,4H2,1H3,(H,14,15). The zero-order valence-corrected chi connectivity index (χ0v) is 9.26. The van der Waals surface area contributed by atoms with Gasteiger partial charge in [-0.1, -0.05) is 0 Å². The summed E-state index contributed by atoms with van der Waals surface area (Å²) in [6, 6.07) is 0. The monoisotopic (exact) mass is 239 g/mol. The number of hydrogen-bond acceptors (Lipinski definition) is 5. The van der Waals surface area contributed by atoms with Crippen molar-refractivity contribution in [2.24, 2.45) is 7.05 Å². The smallest absolute Gasteiger partial charge is 0.166 e. The van der Waals surface area contributed by atoms with Crippen molar-refractivity contribution in [2.45, 2.75) is 5.75 Å². The second kappa shape index (κ2) is 4.45. The van der Waals surface area contributed by atoms with Gasteiger partial charge in [-0.3, -0.25) is 0 Å². The zero-order valence-electron chi connectivity index (χ0n) is 8.44. The third-order valence-electron chi connectivity index (χ3n) is 2.04. The highest BCUT2D eigenvalue weighted by atomic mass is 32.2. The van der Waals surface area contributed by atoms with E-state index in [2.05, 4.69) is 20.2 Å². The Labute approximate surface area is 93.9 Å². The average molecular weight is 239 g/mol. The minimum atomic E-state index is -1.92. The highest BCUT2D eigenvalue weighted by Crippen LogP contribution is 2.14. The Morgan fingerprint density at radius 3 is 2.69 bits per heavy atom. The Morgan fingerprint density at radius 2 is 2.06 bits per heavy atom. The molecule has 8 heteroatoms. The fraction of sp³-hybridized carbons (Fsp3) is 0.250. The highest BCUT2D eigenvalue weighted by Gasteiger charge is 2.12. The molecule has 0 saturated heterocycles. The molecule has 0 spiro atoms. The van der Waals surface area contributed by atoms with Crippen LogP contribution in [0.3, 0.4) is 0 Å². The molecule has 0 fully saturated rings. The van der Waals surface area contributed by atoms with Crippen LogP contribution in [0.2, 0.25) is 0 Å². The van der Waals surface area contributed by atoms with E-state index in [0.29, 0.717) is 17.2 Å². The molecule has 0 aliphatic rings. The number of hydrogen-bond donors (Lipinski definition) is 1. The molecule has 2 heterocycles. The summed E-state index contributed by atoms with van der Waals surface area (Å²) in [7, 11) is 1.73. The first kappa shape index (κ1) is 10.8. The van der Waals surface area contributed by atoms with Crippen LogP contribution in [0.1, 0.15) is 5.82 Å². The van der Waals surface area contributed by atoms with Crippen molar-refractivity contribution in [3.63, 3.8) is 0 Å². The van der Waals surface area contributed by atoms with E-state index in [1.165, 1.54) is 6.33 Å². The lowest BCUT2D eigenvalue weighted by atomic mass is 10.3.